The highest BCUT2D eigenvalue weighted by Crippen LogP contribution is 2.31. The molecule has 1 aliphatic rings. The van der Waals surface area contributed by atoms with Crippen LogP contribution in [0.1, 0.15) is 27.0 Å². The Morgan fingerprint density at radius 2 is 1.97 bits per heavy atom. The number of nitrogens with zero attached hydrogens (tertiary/aromatic N) is 2. The number of pyridine rings is 1. The summed E-state index contributed by atoms with van der Waals surface area (Å²) in [5, 5.41) is 2.70. The number of ether oxygens (including phenoxy) is 2. The zero-order valence-corrected chi connectivity index (χ0v) is 20.8. The van der Waals surface area contributed by atoms with E-state index in [0.29, 0.717) is 49.0 Å². The van der Waals surface area contributed by atoms with Gasteiger partial charge in [-0.2, -0.15) is 0 Å². The van der Waals surface area contributed by atoms with Gasteiger partial charge in [-0.25, -0.2) is 22.5 Å². The molecule has 9 nitrogen and oxygen atoms in total. The van der Waals surface area contributed by atoms with Gasteiger partial charge in [0.1, 0.15) is 17.3 Å². The molecule has 1 aromatic heterocycles. The Balaban J connectivity index is 1.45. The normalized spacial score (nSPS) is 13.1. The molecule has 0 unspecified atom stereocenters. The fourth-order valence-corrected chi connectivity index (χ4v) is 4.69. The lowest BCUT2D eigenvalue weighted by molar-refractivity contribution is 0.0950. The molecule has 0 fully saturated rings. The monoisotopic (exact) mass is 514 g/mol. The van der Waals surface area contributed by atoms with Gasteiger partial charge < -0.3 is 19.7 Å². The van der Waals surface area contributed by atoms with E-state index < -0.39 is 26.6 Å². The number of methoxy groups -OCH3 is 1. The van der Waals surface area contributed by atoms with Crippen LogP contribution in [0.5, 0.6) is 5.75 Å². The van der Waals surface area contributed by atoms with Crippen molar-refractivity contribution in [2.45, 2.75) is 24.6 Å². The van der Waals surface area contributed by atoms with Crippen molar-refractivity contribution in [2.75, 3.05) is 32.2 Å². The maximum atomic E-state index is 14.3. The van der Waals surface area contributed by atoms with Crippen molar-refractivity contribution >= 4 is 21.7 Å². The predicted octanol–water partition coefficient (Wildman–Crippen LogP) is 2.60. The first-order valence-corrected chi connectivity index (χ1v) is 12.7. The van der Waals surface area contributed by atoms with Gasteiger partial charge in [-0.15, -0.1) is 0 Å². The van der Waals surface area contributed by atoms with Crippen molar-refractivity contribution in [2.24, 2.45) is 0 Å². The molecule has 11 heteroatoms. The first kappa shape index (κ1) is 25.5. The number of aromatic nitrogens is 1. The minimum absolute atomic E-state index is 0.00991. The van der Waals surface area contributed by atoms with Gasteiger partial charge in [-0.1, -0.05) is 30.3 Å². The standard InChI is InChI=1S/C25H27FN4O5S/c1-27-36(32,33)23-8-7-17(11-21(23)26)13-29-25(31)20-12-22-24(28-14-20)30(9-10-35-22)15-18-5-3-4-6-19(18)16-34-2/h3-8,11-12,14,27H,9-10,13,15-16H2,1-2H3,(H,29,31). The lowest BCUT2D eigenvalue weighted by Gasteiger charge is -2.30. The number of hydrogen-bond donors (Lipinski definition) is 2. The number of hydrogen-bond acceptors (Lipinski definition) is 7. The average molecular weight is 515 g/mol. The van der Waals surface area contributed by atoms with E-state index in [1.165, 1.54) is 19.3 Å². The van der Waals surface area contributed by atoms with Crippen molar-refractivity contribution in [1.29, 1.82) is 0 Å². The molecule has 2 aromatic carbocycles. The Labute approximate surface area is 209 Å². The van der Waals surface area contributed by atoms with Crippen LogP contribution in [0.3, 0.4) is 0 Å². The second kappa shape index (κ2) is 11.0. The fourth-order valence-electron chi connectivity index (χ4n) is 3.91. The number of nitrogens with one attached hydrogen (secondary N) is 2. The Bertz CT molecular complexity index is 1370. The number of amides is 1. The second-order valence-corrected chi connectivity index (χ2v) is 10.0. The van der Waals surface area contributed by atoms with E-state index in [1.807, 2.05) is 18.2 Å². The van der Waals surface area contributed by atoms with Crippen LogP contribution in [0.2, 0.25) is 0 Å². The Morgan fingerprint density at radius 1 is 1.19 bits per heavy atom. The summed E-state index contributed by atoms with van der Waals surface area (Å²) in [6, 6.07) is 13.4. The van der Waals surface area contributed by atoms with Crippen LogP contribution in [0.4, 0.5) is 10.2 Å². The van der Waals surface area contributed by atoms with Gasteiger partial charge in [0, 0.05) is 26.4 Å². The van der Waals surface area contributed by atoms with Crippen LogP contribution in [-0.2, 0) is 34.5 Å². The number of carbonyl (C=O) groups is 1. The molecular weight excluding hydrogens is 487 g/mol. The molecule has 2 heterocycles. The van der Waals surface area contributed by atoms with Crippen molar-refractivity contribution in [3.8, 4) is 5.75 Å². The molecular formula is C25H27FN4O5S. The molecule has 1 amide bonds. The third kappa shape index (κ3) is 5.64. The van der Waals surface area contributed by atoms with E-state index in [2.05, 4.69) is 26.0 Å². The highest BCUT2D eigenvalue weighted by Gasteiger charge is 2.23. The molecule has 0 saturated heterocycles. The van der Waals surface area contributed by atoms with Gasteiger partial charge in [-0.05, 0) is 41.9 Å². The molecule has 0 saturated carbocycles. The van der Waals surface area contributed by atoms with Crippen LogP contribution in [0, 0.1) is 5.82 Å². The topological polar surface area (TPSA) is 110 Å². The highest BCUT2D eigenvalue weighted by atomic mass is 32.2. The van der Waals surface area contributed by atoms with E-state index >= 15 is 0 Å². The zero-order chi connectivity index (χ0) is 25.7. The fraction of sp³-hybridized carbons (Fsp3) is 0.280. The van der Waals surface area contributed by atoms with E-state index in [9.17, 15) is 17.6 Å². The average Bonchev–Trinajstić information content (AvgIpc) is 2.88. The van der Waals surface area contributed by atoms with Gasteiger partial charge in [-0.3, -0.25) is 4.79 Å². The van der Waals surface area contributed by atoms with E-state index in [1.54, 1.807) is 13.2 Å². The number of rotatable bonds is 9. The maximum absolute atomic E-state index is 14.3. The minimum atomic E-state index is -3.90. The zero-order valence-electron chi connectivity index (χ0n) is 20.0. The smallest absolute Gasteiger partial charge is 0.253 e. The van der Waals surface area contributed by atoms with Crippen molar-refractivity contribution in [3.05, 3.63) is 82.8 Å². The molecule has 4 rings (SSSR count). The summed E-state index contributed by atoms with van der Waals surface area (Å²) in [5.41, 5.74) is 2.93. The van der Waals surface area contributed by atoms with Crippen LogP contribution < -0.4 is 19.7 Å². The van der Waals surface area contributed by atoms with Crippen LogP contribution >= 0.6 is 0 Å². The third-order valence-corrected chi connectivity index (χ3v) is 7.25. The van der Waals surface area contributed by atoms with E-state index in [-0.39, 0.29) is 6.54 Å². The molecule has 0 bridgehead atoms. The highest BCUT2D eigenvalue weighted by molar-refractivity contribution is 7.89. The maximum Gasteiger partial charge on any atom is 0.253 e. The molecule has 1 aliphatic heterocycles. The number of sulfonamides is 1. The predicted molar refractivity (Wildman–Crippen MR) is 132 cm³/mol. The Kier molecular flexibility index (Phi) is 7.82. The quantitative estimate of drug-likeness (QED) is 0.452. The molecule has 0 spiro atoms. The number of anilines is 1. The number of benzene rings is 2. The summed E-state index contributed by atoms with van der Waals surface area (Å²) < 4.78 is 51.1. The van der Waals surface area contributed by atoms with Crippen molar-refractivity contribution in [3.63, 3.8) is 0 Å². The first-order chi connectivity index (χ1) is 17.3. The second-order valence-electron chi connectivity index (χ2n) is 8.17. The number of fused-ring (bicyclic) bond motifs is 1. The molecule has 0 aliphatic carbocycles. The van der Waals surface area contributed by atoms with Crippen LogP contribution in [0.25, 0.3) is 0 Å². The molecule has 0 radical (unpaired) electrons. The van der Waals surface area contributed by atoms with Gasteiger partial charge in [0.05, 0.1) is 18.7 Å². The molecule has 190 valence electrons. The Hall–Kier alpha value is -3.54. The minimum Gasteiger partial charge on any atom is -0.488 e. The van der Waals surface area contributed by atoms with Crippen molar-refractivity contribution in [1.82, 2.24) is 15.0 Å². The summed E-state index contributed by atoms with van der Waals surface area (Å²) >= 11 is 0. The van der Waals surface area contributed by atoms with Gasteiger partial charge in [0.2, 0.25) is 10.0 Å². The molecule has 0 atom stereocenters. The third-order valence-electron chi connectivity index (χ3n) is 5.80. The number of halogens is 1. The van der Waals surface area contributed by atoms with Gasteiger partial charge >= 0.3 is 0 Å². The van der Waals surface area contributed by atoms with Crippen LogP contribution in [-0.4, -0.2) is 46.6 Å². The van der Waals surface area contributed by atoms with Gasteiger partial charge in [0.25, 0.3) is 5.91 Å². The summed E-state index contributed by atoms with van der Waals surface area (Å²) in [5.74, 6) is -0.157. The largest absolute Gasteiger partial charge is 0.488 e. The van der Waals surface area contributed by atoms with E-state index in [4.69, 9.17) is 9.47 Å². The van der Waals surface area contributed by atoms with E-state index in [0.717, 1.165) is 23.3 Å². The summed E-state index contributed by atoms with van der Waals surface area (Å²) in [7, 11) is -1.03. The number of carbonyl (C=O) groups excluding carboxylic acids is 1. The molecule has 36 heavy (non-hydrogen) atoms. The lowest BCUT2D eigenvalue weighted by Crippen LogP contribution is -2.33. The molecule has 3 aromatic rings. The van der Waals surface area contributed by atoms with Crippen molar-refractivity contribution < 1.29 is 27.1 Å². The lowest BCUT2D eigenvalue weighted by atomic mass is 10.1. The Morgan fingerprint density at radius 3 is 2.69 bits per heavy atom. The summed E-state index contributed by atoms with van der Waals surface area (Å²) in [6.45, 7) is 2.25. The molecule has 2 N–H and O–H groups in total. The first-order valence-electron chi connectivity index (χ1n) is 11.3. The summed E-state index contributed by atoms with van der Waals surface area (Å²) in [4.78, 5) is 18.8. The van der Waals surface area contributed by atoms with Gasteiger partial charge in [0.15, 0.2) is 11.6 Å². The summed E-state index contributed by atoms with van der Waals surface area (Å²) in [6.07, 6.45) is 1.47. The SMILES string of the molecule is CNS(=O)(=O)c1ccc(CNC(=O)c2cnc3c(c2)OCCN3Cc2ccccc2COC)cc1F. The van der Waals surface area contributed by atoms with Crippen LogP contribution in [0.15, 0.2) is 59.6 Å².